The number of hydrogen-bond donors (Lipinski definition) is 2. The number of sulfonamides is 1. The van der Waals surface area contributed by atoms with Gasteiger partial charge < -0.3 is 10.1 Å². The smallest absolute Gasteiger partial charge is 0.341 e. The molecule has 0 aromatic heterocycles. The lowest BCUT2D eigenvalue weighted by atomic mass is 9.97. The van der Waals surface area contributed by atoms with E-state index >= 15 is 0 Å². The summed E-state index contributed by atoms with van der Waals surface area (Å²) in [6, 6.07) is 9.77. The van der Waals surface area contributed by atoms with E-state index in [1.165, 1.54) is 6.92 Å². The molecule has 0 saturated carbocycles. The van der Waals surface area contributed by atoms with Crippen molar-refractivity contribution in [1.29, 1.82) is 0 Å². The number of carbonyl (C=O) groups is 2. The van der Waals surface area contributed by atoms with Crippen molar-refractivity contribution >= 4 is 27.6 Å². The van der Waals surface area contributed by atoms with E-state index in [1.54, 1.807) is 12.1 Å². The molecule has 0 aliphatic rings. The molecule has 2 rings (SSSR count). The Hall–Kier alpha value is -2.78. The van der Waals surface area contributed by atoms with Crippen molar-refractivity contribution in [3.05, 3.63) is 59.4 Å². The van der Waals surface area contributed by atoms with Crippen molar-refractivity contribution in [2.45, 2.75) is 44.1 Å². The third-order valence-electron chi connectivity index (χ3n) is 4.50. The molecular weight excluding hydrogens is 399 g/mol. The molecule has 0 radical (unpaired) electrons. The van der Waals surface area contributed by atoms with Gasteiger partial charge in [-0.25, -0.2) is 22.7 Å². The molecule has 2 aromatic rings. The van der Waals surface area contributed by atoms with Crippen LogP contribution in [0.25, 0.3) is 0 Å². The van der Waals surface area contributed by atoms with Gasteiger partial charge in [-0.3, -0.25) is 4.79 Å². The Morgan fingerprint density at radius 1 is 1.17 bits per heavy atom. The molecule has 0 fully saturated rings. The minimum absolute atomic E-state index is 0.208. The average molecular weight is 422 g/mol. The molecule has 0 heterocycles. The number of carbonyl (C=O) groups excluding carboxylic acids is 2. The van der Waals surface area contributed by atoms with Crippen molar-refractivity contribution < 1.29 is 27.1 Å². The molecule has 0 unspecified atom stereocenters. The summed E-state index contributed by atoms with van der Waals surface area (Å²) in [5, 5.41) is 7.70. The maximum Gasteiger partial charge on any atom is 0.341 e. The number of rotatable bonds is 7. The maximum atomic E-state index is 14.0. The van der Waals surface area contributed by atoms with E-state index in [0.29, 0.717) is 5.69 Å². The number of primary sulfonamides is 1. The fourth-order valence-electron chi connectivity index (χ4n) is 2.61. The van der Waals surface area contributed by atoms with Crippen LogP contribution >= 0.6 is 0 Å². The average Bonchev–Trinajstić information content (AvgIpc) is 2.67. The summed E-state index contributed by atoms with van der Waals surface area (Å²) in [6.45, 7) is 5.38. The van der Waals surface area contributed by atoms with Crippen LogP contribution in [0.1, 0.15) is 49.0 Å². The largest absolute Gasteiger partial charge is 0.449 e. The fourth-order valence-corrected chi connectivity index (χ4v) is 3.15. The Balaban J connectivity index is 2.16. The second-order valence-corrected chi connectivity index (χ2v) is 8.18. The zero-order valence-electron chi connectivity index (χ0n) is 16.3. The lowest BCUT2D eigenvalue weighted by molar-refractivity contribution is -0.123. The molecule has 156 valence electrons. The summed E-state index contributed by atoms with van der Waals surface area (Å²) in [5.74, 6) is -2.56. The van der Waals surface area contributed by atoms with Crippen LogP contribution in [-0.4, -0.2) is 26.4 Å². The van der Waals surface area contributed by atoms with E-state index in [-0.39, 0.29) is 5.92 Å². The SMILES string of the molecule is CC[C@H](C)c1ccccc1NC(=O)[C@@H](C)OC(=O)c1cc(S(N)(=O)=O)ccc1F. The summed E-state index contributed by atoms with van der Waals surface area (Å²) in [6.07, 6.45) is -0.373. The molecule has 3 N–H and O–H groups in total. The van der Waals surface area contributed by atoms with Crippen molar-refractivity contribution in [3.63, 3.8) is 0 Å². The fraction of sp³-hybridized carbons (Fsp3) is 0.300. The number of hydrogen-bond acceptors (Lipinski definition) is 5. The predicted octanol–water partition coefficient (Wildman–Crippen LogP) is 3.17. The van der Waals surface area contributed by atoms with Gasteiger partial charge in [0.2, 0.25) is 10.0 Å². The van der Waals surface area contributed by atoms with E-state index in [1.807, 2.05) is 26.0 Å². The van der Waals surface area contributed by atoms with Crippen LogP contribution in [0.2, 0.25) is 0 Å². The van der Waals surface area contributed by atoms with Gasteiger partial charge in [-0.05, 0) is 49.1 Å². The monoisotopic (exact) mass is 422 g/mol. The molecule has 0 aliphatic heterocycles. The molecule has 0 aliphatic carbocycles. The van der Waals surface area contributed by atoms with Crippen molar-refractivity contribution in [3.8, 4) is 0 Å². The topological polar surface area (TPSA) is 116 Å². The first-order valence-electron chi connectivity index (χ1n) is 8.97. The molecule has 0 saturated heterocycles. The number of anilines is 1. The summed E-state index contributed by atoms with van der Waals surface area (Å²) >= 11 is 0. The summed E-state index contributed by atoms with van der Waals surface area (Å²) in [4.78, 5) is 24.3. The third kappa shape index (κ3) is 5.61. The van der Waals surface area contributed by atoms with Crippen LogP contribution in [0.3, 0.4) is 0 Å². The first-order chi connectivity index (χ1) is 13.5. The number of nitrogens with two attached hydrogens (primary N) is 1. The first-order valence-corrected chi connectivity index (χ1v) is 10.5. The Labute approximate surface area is 169 Å². The van der Waals surface area contributed by atoms with E-state index in [2.05, 4.69) is 5.32 Å². The van der Waals surface area contributed by atoms with E-state index in [9.17, 15) is 22.4 Å². The number of nitrogens with one attached hydrogen (secondary N) is 1. The van der Waals surface area contributed by atoms with Gasteiger partial charge in [0.15, 0.2) is 6.10 Å². The van der Waals surface area contributed by atoms with Crippen molar-refractivity contribution in [2.24, 2.45) is 5.14 Å². The first kappa shape index (κ1) is 22.5. The normalized spacial score (nSPS) is 13.4. The summed E-state index contributed by atoms with van der Waals surface area (Å²) < 4.78 is 41.8. The number of esters is 1. The van der Waals surface area contributed by atoms with Crippen LogP contribution in [0.5, 0.6) is 0 Å². The highest BCUT2D eigenvalue weighted by molar-refractivity contribution is 7.89. The van der Waals surface area contributed by atoms with Gasteiger partial charge in [0.25, 0.3) is 5.91 Å². The van der Waals surface area contributed by atoms with Crippen LogP contribution < -0.4 is 10.5 Å². The molecule has 7 nitrogen and oxygen atoms in total. The Morgan fingerprint density at radius 2 is 1.83 bits per heavy atom. The van der Waals surface area contributed by atoms with Crippen LogP contribution in [0.15, 0.2) is 47.4 Å². The van der Waals surface area contributed by atoms with E-state index < -0.39 is 44.3 Å². The van der Waals surface area contributed by atoms with Gasteiger partial charge in [-0.1, -0.05) is 32.0 Å². The molecule has 0 bridgehead atoms. The highest BCUT2D eigenvalue weighted by Gasteiger charge is 2.24. The van der Waals surface area contributed by atoms with E-state index in [0.717, 1.165) is 30.2 Å². The Bertz CT molecular complexity index is 1020. The van der Waals surface area contributed by atoms with E-state index in [4.69, 9.17) is 9.88 Å². The minimum Gasteiger partial charge on any atom is -0.449 e. The van der Waals surface area contributed by atoms with Gasteiger partial charge in [-0.15, -0.1) is 0 Å². The van der Waals surface area contributed by atoms with Crippen molar-refractivity contribution in [2.75, 3.05) is 5.32 Å². The number of ether oxygens (including phenoxy) is 1. The molecule has 2 aromatic carbocycles. The number of para-hydroxylation sites is 1. The lowest BCUT2D eigenvalue weighted by Crippen LogP contribution is -2.30. The highest BCUT2D eigenvalue weighted by atomic mass is 32.2. The Kier molecular flexibility index (Phi) is 7.10. The summed E-state index contributed by atoms with van der Waals surface area (Å²) in [7, 11) is -4.13. The molecule has 29 heavy (non-hydrogen) atoms. The maximum absolute atomic E-state index is 14.0. The van der Waals surface area contributed by atoms with Gasteiger partial charge in [0.1, 0.15) is 5.82 Å². The number of amides is 1. The third-order valence-corrected chi connectivity index (χ3v) is 5.41. The highest BCUT2D eigenvalue weighted by Crippen LogP contribution is 2.26. The minimum atomic E-state index is -4.13. The molecule has 2 atom stereocenters. The quantitative estimate of drug-likeness (QED) is 0.665. The second kappa shape index (κ2) is 9.15. The zero-order chi connectivity index (χ0) is 21.8. The lowest BCUT2D eigenvalue weighted by Gasteiger charge is -2.18. The number of halogens is 1. The van der Waals surface area contributed by atoms with Crippen LogP contribution in [0.4, 0.5) is 10.1 Å². The standard InChI is InChI=1S/C20H23FN2O5S/c1-4-12(2)15-7-5-6-8-18(15)23-19(24)13(3)28-20(25)16-11-14(29(22,26)27)9-10-17(16)21/h5-13H,4H2,1-3H3,(H,23,24)(H2,22,26,27)/t12-,13+/m0/s1. The number of benzene rings is 2. The van der Waals surface area contributed by atoms with Gasteiger partial charge in [-0.2, -0.15) is 0 Å². The molecule has 1 amide bonds. The second-order valence-electron chi connectivity index (χ2n) is 6.62. The zero-order valence-corrected chi connectivity index (χ0v) is 17.1. The van der Waals surface area contributed by atoms with Crippen molar-refractivity contribution in [1.82, 2.24) is 0 Å². The van der Waals surface area contributed by atoms with Gasteiger partial charge in [0.05, 0.1) is 10.5 Å². The summed E-state index contributed by atoms with van der Waals surface area (Å²) in [5.41, 5.74) is 0.905. The van der Waals surface area contributed by atoms with Gasteiger partial charge in [0, 0.05) is 5.69 Å². The van der Waals surface area contributed by atoms with Crippen LogP contribution in [0, 0.1) is 5.82 Å². The predicted molar refractivity (Wildman–Crippen MR) is 106 cm³/mol. The molecular formula is C20H23FN2O5S. The Morgan fingerprint density at radius 3 is 2.45 bits per heavy atom. The molecule has 9 heteroatoms. The van der Waals surface area contributed by atoms with Crippen LogP contribution in [-0.2, 0) is 19.6 Å². The van der Waals surface area contributed by atoms with Gasteiger partial charge >= 0.3 is 5.97 Å². The molecule has 0 spiro atoms.